The predicted octanol–water partition coefficient (Wildman–Crippen LogP) is 5.72. The topological polar surface area (TPSA) is 77.4 Å². The summed E-state index contributed by atoms with van der Waals surface area (Å²) in [5.41, 5.74) is 2.68. The molecule has 0 bridgehead atoms. The van der Waals surface area contributed by atoms with E-state index in [2.05, 4.69) is 0 Å². The summed E-state index contributed by atoms with van der Waals surface area (Å²) >= 11 is 0. The Bertz CT molecular complexity index is 1250. The van der Waals surface area contributed by atoms with Gasteiger partial charge >= 0.3 is 0 Å². The Hall–Kier alpha value is -3.80. The maximum Gasteiger partial charge on any atom is 0.131 e. The van der Waals surface area contributed by atoms with Crippen LogP contribution in [0.1, 0.15) is 11.1 Å². The largest absolute Gasteiger partial charge is 0.507 e. The van der Waals surface area contributed by atoms with Gasteiger partial charge in [0.25, 0.3) is 0 Å². The minimum atomic E-state index is 0.0131. The zero-order valence-electron chi connectivity index (χ0n) is 19.0. The van der Waals surface area contributed by atoms with Crippen molar-refractivity contribution in [2.45, 2.75) is 13.8 Å². The van der Waals surface area contributed by atoms with Gasteiger partial charge in [0, 0.05) is 21.9 Å². The SMILES string of the molecule is COc1cc(C)cc2c(O)c(-c3cc(OC)c4c(OC)cc(C)cc4c3O)cc(OC)c12. The molecule has 2 N–H and O–H groups in total. The van der Waals surface area contributed by atoms with Crippen molar-refractivity contribution in [3.05, 3.63) is 47.5 Å². The Kier molecular flexibility index (Phi) is 5.38. The van der Waals surface area contributed by atoms with Gasteiger partial charge in [0.05, 0.1) is 39.2 Å². The standard InChI is InChI=1S/C26H26O6/c1-13-7-17-23(19(9-13)29-3)21(31-5)11-15(25(17)27)16-12-22(32-6)24-18(26(16)28)8-14(2)10-20(24)30-4/h7-12,27-28H,1-6H3. The highest BCUT2D eigenvalue weighted by molar-refractivity contribution is 6.07. The fourth-order valence-electron chi connectivity index (χ4n) is 4.28. The number of phenolic OH excluding ortho intramolecular Hbond substituents is 2. The lowest BCUT2D eigenvalue weighted by atomic mass is 9.93. The third-order valence-electron chi connectivity index (χ3n) is 5.73. The maximum atomic E-state index is 11.3. The van der Waals surface area contributed by atoms with Crippen LogP contribution in [0.5, 0.6) is 34.5 Å². The van der Waals surface area contributed by atoms with Crippen molar-refractivity contribution in [3.8, 4) is 45.6 Å². The Labute approximate surface area is 186 Å². The molecule has 0 aliphatic rings. The van der Waals surface area contributed by atoms with E-state index in [-0.39, 0.29) is 11.5 Å². The van der Waals surface area contributed by atoms with Crippen LogP contribution in [0.4, 0.5) is 0 Å². The van der Waals surface area contributed by atoms with Gasteiger partial charge in [0.1, 0.15) is 34.5 Å². The molecule has 0 saturated heterocycles. The summed E-state index contributed by atoms with van der Waals surface area (Å²) in [4.78, 5) is 0. The molecular formula is C26H26O6. The minimum Gasteiger partial charge on any atom is -0.507 e. The number of methoxy groups -OCH3 is 4. The Morgan fingerprint density at radius 2 is 0.812 bits per heavy atom. The second kappa shape index (κ2) is 8.04. The quantitative estimate of drug-likeness (QED) is 0.418. The van der Waals surface area contributed by atoms with Crippen LogP contribution in [0.15, 0.2) is 36.4 Å². The van der Waals surface area contributed by atoms with Crippen LogP contribution in [-0.2, 0) is 0 Å². The minimum absolute atomic E-state index is 0.0131. The summed E-state index contributed by atoms with van der Waals surface area (Å²) in [6.07, 6.45) is 0. The van der Waals surface area contributed by atoms with E-state index in [9.17, 15) is 10.2 Å². The van der Waals surface area contributed by atoms with Crippen molar-refractivity contribution in [1.29, 1.82) is 0 Å². The van der Waals surface area contributed by atoms with E-state index in [1.807, 2.05) is 38.1 Å². The molecule has 166 valence electrons. The molecule has 0 atom stereocenters. The van der Waals surface area contributed by atoms with E-state index in [1.165, 1.54) is 0 Å². The first-order chi connectivity index (χ1) is 15.3. The number of hydrogen-bond donors (Lipinski definition) is 2. The van der Waals surface area contributed by atoms with Crippen molar-refractivity contribution < 1.29 is 29.2 Å². The average Bonchev–Trinajstić information content (AvgIpc) is 2.79. The smallest absolute Gasteiger partial charge is 0.131 e. The number of phenols is 2. The molecule has 6 nitrogen and oxygen atoms in total. The molecule has 0 amide bonds. The van der Waals surface area contributed by atoms with Gasteiger partial charge in [-0.2, -0.15) is 0 Å². The van der Waals surface area contributed by atoms with E-state index < -0.39 is 0 Å². The first-order valence-electron chi connectivity index (χ1n) is 10.1. The second-order valence-corrected chi connectivity index (χ2v) is 7.73. The molecule has 0 spiro atoms. The van der Waals surface area contributed by atoms with Crippen LogP contribution in [0.25, 0.3) is 32.7 Å². The monoisotopic (exact) mass is 434 g/mol. The highest BCUT2D eigenvalue weighted by Crippen LogP contribution is 2.51. The summed E-state index contributed by atoms with van der Waals surface area (Å²) in [7, 11) is 6.27. The summed E-state index contributed by atoms with van der Waals surface area (Å²) in [5.74, 6) is 2.26. The highest BCUT2D eigenvalue weighted by atomic mass is 16.5. The number of hydrogen-bond acceptors (Lipinski definition) is 6. The fraction of sp³-hybridized carbons (Fsp3) is 0.231. The van der Waals surface area contributed by atoms with Gasteiger partial charge in [-0.25, -0.2) is 0 Å². The normalized spacial score (nSPS) is 11.1. The number of fused-ring (bicyclic) bond motifs is 2. The molecule has 0 aliphatic heterocycles. The summed E-state index contributed by atoms with van der Waals surface area (Å²) in [5, 5.41) is 25.0. The lowest BCUT2D eigenvalue weighted by molar-refractivity contribution is 0.403. The number of aryl methyl sites for hydroxylation is 2. The number of rotatable bonds is 5. The molecular weight excluding hydrogens is 408 g/mol. The van der Waals surface area contributed by atoms with Crippen LogP contribution in [0.2, 0.25) is 0 Å². The van der Waals surface area contributed by atoms with Crippen molar-refractivity contribution in [2.24, 2.45) is 0 Å². The first kappa shape index (κ1) is 21.4. The molecule has 0 aliphatic carbocycles. The van der Waals surface area contributed by atoms with E-state index in [0.717, 1.165) is 11.1 Å². The molecule has 6 heteroatoms. The molecule has 0 radical (unpaired) electrons. The Morgan fingerprint density at radius 1 is 0.500 bits per heavy atom. The van der Waals surface area contributed by atoms with E-state index in [4.69, 9.17) is 18.9 Å². The van der Waals surface area contributed by atoms with Crippen LogP contribution in [-0.4, -0.2) is 38.7 Å². The first-order valence-corrected chi connectivity index (χ1v) is 10.1. The van der Waals surface area contributed by atoms with E-state index in [1.54, 1.807) is 40.6 Å². The number of ether oxygens (including phenoxy) is 4. The summed E-state index contributed by atoms with van der Waals surface area (Å²) in [6.45, 7) is 3.85. The van der Waals surface area contributed by atoms with Crippen LogP contribution in [0, 0.1) is 13.8 Å². The van der Waals surface area contributed by atoms with Gasteiger partial charge in [-0.3, -0.25) is 0 Å². The number of benzene rings is 4. The van der Waals surface area contributed by atoms with Gasteiger partial charge in [0.15, 0.2) is 0 Å². The zero-order chi connectivity index (χ0) is 23.2. The fourth-order valence-corrected chi connectivity index (χ4v) is 4.28. The third-order valence-corrected chi connectivity index (χ3v) is 5.73. The molecule has 4 aromatic rings. The van der Waals surface area contributed by atoms with Gasteiger partial charge in [-0.05, 0) is 61.4 Å². The van der Waals surface area contributed by atoms with Crippen LogP contribution < -0.4 is 18.9 Å². The van der Waals surface area contributed by atoms with Crippen molar-refractivity contribution in [2.75, 3.05) is 28.4 Å². The van der Waals surface area contributed by atoms with Crippen molar-refractivity contribution in [3.63, 3.8) is 0 Å². The summed E-state index contributed by atoms with van der Waals surface area (Å²) in [6, 6.07) is 10.9. The van der Waals surface area contributed by atoms with Crippen molar-refractivity contribution in [1.82, 2.24) is 0 Å². The third kappa shape index (κ3) is 3.19. The Morgan fingerprint density at radius 3 is 1.12 bits per heavy atom. The van der Waals surface area contributed by atoms with Crippen LogP contribution in [0.3, 0.4) is 0 Å². The Balaban J connectivity index is 2.14. The van der Waals surface area contributed by atoms with Gasteiger partial charge in [0.2, 0.25) is 0 Å². The van der Waals surface area contributed by atoms with E-state index >= 15 is 0 Å². The zero-order valence-corrected chi connectivity index (χ0v) is 19.0. The van der Waals surface area contributed by atoms with Gasteiger partial charge < -0.3 is 29.2 Å². The van der Waals surface area contributed by atoms with Crippen molar-refractivity contribution >= 4 is 21.5 Å². The molecule has 0 aromatic heterocycles. The molecule has 32 heavy (non-hydrogen) atoms. The highest BCUT2D eigenvalue weighted by Gasteiger charge is 2.23. The molecule has 0 heterocycles. The summed E-state index contributed by atoms with van der Waals surface area (Å²) < 4.78 is 22.4. The number of aromatic hydroxyl groups is 2. The second-order valence-electron chi connectivity index (χ2n) is 7.73. The lowest BCUT2D eigenvalue weighted by Gasteiger charge is -2.19. The molecule has 0 unspecified atom stereocenters. The van der Waals surface area contributed by atoms with E-state index in [0.29, 0.717) is 55.7 Å². The maximum absolute atomic E-state index is 11.3. The lowest BCUT2D eigenvalue weighted by Crippen LogP contribution is -1.95. The molecule has 0 saturated carbocycles. The average molecular weight is 434 g/mol. The van der Waals surface area contributed by atoms with Gasteiger partial charge in [-0.1, -0.05) is 0 Å². The molecule has 0 fully saturated rings. The molecule has 4 aromatic carbocycles. The van der Waals surface area contributed by atoms with Crippen LogP contribution >= 0.6 is 0 Å². The predicted molar refractivity (Wildman–Crippen MR) is 126 cm³/mol. The molecule has 4 rings (SSSR count). The van der Waals surface area contributed by atoms with Gasteiger partial charge in [-0.15, -0.1) is 0 Å².